The van der Waals surface area contributed by atoms with Crippen molar-refractivity contribution in [3.05, 3.63) is 29.3 Å². The van der Waals surface area contributed by atoms with Crippen LogP contribution in [0.4, 0.5) is 4.79 Å². The van der Waals surface area contributed by atoms with Gasteiger partial charge in [0, 0.05) is 5.02 Å². The lowest BCUT2D eigenvalue weighted by molar-refractivity contribution is -0.314. The van der Waals surface area contributed by atoms with E-state index in [2.05, 4.69) is 11.8 Å². The quantitative estimate of drug-likeness (QED) is 0.230. The molecule has 0 aromatic heterocycles. The third-order valence-electron chi connectivity index (χ3n) is 2.73. The zero-order chi connectivity index (χ0) is 15.0. The first-order valence-corrected chi connectivity index (χ1v) is 7.14. The number of benzene rings is 1. The largest absolute Gasteiger partial charge is 0.546 e. The van der Waals surface area contributed by atoms with Crippen molar-refractivity contribution in [1.29, 1.82) is 0 Å². The lowest BCUT2D eigenvalue weighted by atomic mass is 10.0. The highest BCUT2D eigenvalue weighted by atomic mass is 35.5. The lowest BCUT2D eigenvalue weighted by Gasteiger charge is -2.22. The summed E-state index contributed by atoms with van der Waals surface area (Å²) >= 11 is 5.73. The zero-order valence-electron chi connectivity index (χ0n) is 12.1. The van der Waals surface area contributed by atoms with Crippen LogP contribution >= 0.6 is 11.6 Å². The Morgan fingerprint density at radius 3 is 2.45 bits per heavy atom. The van der Waals surface area contributed by atoms with Gasteiger partial charge < -0.3 is 4.74 Å². The fourth-order valence-corrected chi connectivity index (χ4v) is 1.73. The molecule has 0 bridgehead atoms. The van der Waals surface area contributed by atoms with Gasteiger partial charge in [0.25, 0.3) is 0 Å². The molecule has 4 nitrogen and oxygen atoms in total. The first-order valence-electron chi connectivity index (χ1n) is 6.76. The summed E-state index contributed by atoms with van der Waals surface area (Å²) in [5.41, 5.74) is -0.520. The molecular weight excluding hydrogens is 280 g/mol. The van der Waals surface area contributed by atoms with Gasteiger partial charge in [-0.15, -0.1) is 0 Å². The van der Waals surface area contributed by atoms with Crippen molar-refractivity contribution in [3.63, 3.8) is 0 Å². The van der Waals surface area contributed by atoms with Crippen LogP contribution in [0.2, 0.25) is 5.02 Å². The molecule has 0 aliphatic rings. The molecule has 5 heteroatoms. The van der Waals surface area contributed by atoms with Crippen molar-refractivity contribution in [1.82, 2.24) is 0 Å². The second-order valence-electron chi connectivity index (χ2n) is 5.19. The molecule has 0 radical (unpaired) electrons. The molecule has 112 valence electrons. The van der Waals surface area contributed by atoms with E-state index in [-0.39, 0.29) is 0 Å². The number of carbonyl (C=O) groups is 1. The Bertz CT molecular complexity index is 414. The van der Waals surface area contributed by atoms with E-state index in [1.807, 2.05) is 13.8 Å². The Morgan fingerprint density at radius 1 is 1.20 bits per heavy atom. The minimum absolute atomic E-state index is 0.354. The van der Waals surface area contributed by atoms with E-state index in [1.165, 1.54) is 0 Å². The van der Waals surface area contributed by atoms with E-state index in [0.29, 0.717) is 10.8 Å². The topological polar surface area (TPSA) is 44.8 Å². The minimum Gasteiger partial charge on any atom is -0.393 e. The molecule has 0 saturated carbocycles. The molecule has 0 saturated heterocycles. The number of carbonyl (C=O) groups excluding carboxylic acids is 1. The zero-order valence-corrected chi connectivity index (χ0v) is 12.9. The smallest absolute Gasteiger partial charge is 0.393 e. The van der Waals surface area contributed by atoms with Crippen molar-refractivity contribution < 1.29 is 19.3 Å². The molecular formula is C15H21ClO4. The predicted octanol–water partition coefficient (Wildman–Crippen LogP) is 5.15. The van der Waals surface area contributed by atoms with Crippen LogP contribution in [0.5, 0.6) is 5.75 Å². The second kappa shape index (κ2) is 8.12. The summed E-state index contributed by atoms with van der Waals surface area (Å²) in [7, 11) is 0. The fourth-order valence-electron chi connectivity index (χ4n) is 1.61. The molecule has 0 heterocycles. The SMILES string of the molecule is CCCCCC(C)(C)OOC(=O)Oc1ccc(Cl)cc1. The number of unbranched alkanes of at least 4 members (excludes halogenated alkanes) is 2. The van der Waals surface area contributed by atoms with E-state index in [1.54, 1.807) is 24.3 Å². The Labute approximate surface area is 124 Å². The maximum atomic E-state index is 11.5. The average Bonchev–Trinajstić information content (AvgIpc) is 2.40. The number of rotatable bonds is 7. The summed E-state index contributed by atoms with van der Waals surface area (Å²) in [4.78, 5) is 21.3. The Balaban J connectivity index is 2.33. The van der Waals surface area contributed by atoms with E-state index >= 15 is 0 Å². The van der Waals surface area contributed by atoms with Crippen LogP contribution in [0, 0.1) is 0 Å². The fraction of sp³-hybridized carbons (Fsp3) is 0.533. The summed E-state index contributed by atoms with van der Waals surface area (Å²) in [5, 5.41) is 0.569. The lowest BCUT2D eigenvalue weighted by Crippen LogP contribution is -2.27. The average molecular weight is 301 g/mol. The van der Waals surface area contributed by atoms with E-state index in [9.17, 15) is 4.79 Å². The second-order valence-corrected chi connectivity index (χ2v) is 5.63. The molecule has 0 atom stereocenters. The van der Waals surface area contributed by atoms with Gasteiger partial charge in [0.2, 0.25) is 0 Å². The van der Waals surface area contributed by atoms with Crippen LogP contribution in [-0.2, 0) is 9.78 Å². The summed E-state index contributed by atoms with van der Waals surface area (Å²) in [5.74, 6) is 0.354. The molecule has 1 aromatic rings. The van der Waals surface area contributed by atoms with E-state index in [0.717, 1.165) is 25.7 Å². The van der Waals surface area contributed by atoms with E-state index < -0.39 is 11.8 Å². The Morgan fingerprint density at radius 2 is 1.85 bits per heavy atom. The molecule has 0 spiro atoms. The van der Waals surface area contributed by atoms with Gasteiger partial charge in [-0.25, -0.2) is 4.79 Å². The molecule has 0 aliphatic carbocycles. The first kappa shape index (κ1) is 16.8. The van der Waals surface area contributed by atoms with Gasteiger partial charge in [0.1, 0.15) is 11.4 Å². The van der Waals surface area contributed by atoms with E-state index in [4.69, 9.17) is 21.2 Å². The summed E-state index contributed by atoms with van der Waals surface area (Å²) < 4.78 is 4.95. The van der Waals surface area contributed by atoms with Crippen molar-refractivity contribution in [2.24, 2.45) is 0 Å². The van der Waals surface area contributed by atoms with Crippen LogP contribution in [0.1, 0.15) is 46.5 Å². The molecule has 1 aromatic carbocycles. The normalized spacial score (nSPS) is 11.2. The molecule has 1 rings (SSSR count). The van der Waals surface area contributed by atoms with Gasteiger partial charge in [0.15, 0.2) is 0 Å². The number of ether oxygens (including phenoxy) is 1. The molecule has 0 N–H and O–H groups in total. The number of halogens is 1. The van der Waals surface area contributed by atoms with Crippen LogP contribution in [0.3, 0.4) is 0 Å². The van der Waals surface area contributed by atoms with Crippen molar-refractivity contribution in [2.75, 3.05) is 0 Å². The summed E-state index contributed by atoms with van der Waals surface area (Å²) in [6.07, 6.45) is 3.21. The van der Waals surface area contributed by atoms with Crippen LogP contribution < -0.4 is 4.74 Å². The van der Waals surface area contributed by atoms with Gasteiger partial charge in [-0.1, -0.05) is 37.8 Å². The van der Waals surface area contributed by atoms with Crippen LogP contribution in [-0.4, -0.2) is 11.8 Å². The monoisotopic (exact) mass is 300 g/mol. The summed E-state index contributed by atoms with van der Waals surface area (Å²) in [6.45, 7) is 5.88. The third kappa shape index (κ3) is 6.78. The molecule has 0 unspecified atom stereocenters. The standard InChI is InChI=1S/C15H21ClO4/c1-4-5-6-11-15(2,3)20-19-14(17)18-13-9-7-12(16)8-10-13/h7-10H,4-6,11H2,1-3H3. The number of hydrogen-bond donors (Lipinski definition) is 0. The minimum atomic E-state index is -0.893. The molecule has 20 heavy (non-hydrogen) atoms. The predicted molar refractivity (Wildman–Crippen MR) is 77.9 cm³/mol. The van der Waals surface area contributed by atoms with Crippen molar-refractivity contribution >= 4 is 17.8 Å². The van der Waals surface area contributed by atoms with Gasteiger partial charge in [-0.3, -0.25) is 4.89 Å². The first-order chi connectivity index (χ1) is 9.43. The van der Waals surface area contributed by atoms with Gasteiger partial charge in [-0.2, -0.15) is 4.89 Å². The Kier molecular flexibility index (Phi) is 6.82. The third-order valence-corrected chi connectivity index (χ3v) is 2.98. The van der Waals surface area contributed by atoms with Crippen LogP contribution in [0.15, 0.2) is 24.3 Å². The highest BCUT2D eigenvalue weighted by Gasteiger charge is 2.22. The maximum absolute atomic E-state index is 11.5. The maximum Gasteiger partial charge on any atom is 0.546 e. The van der Waals surface area contributed by atoms with Gasteiger partial charge in [-0.05, 0) is 44.5 Å². The molecule has 0 amide bonds. The van der Waals surface area contributed by atoms with Gasteiger partial charge in [0.05, 0.1) is 0 Å². The highest BCUT2D eigenvalue weighted by Crippen LogP contribution is 2.20. The summed E-state index contributed by atoms with van der Waals surface area (Å²) in [6, 6.07) is 6.41. The van der Waals surface area contributed by atoms with Crippen molar-refractivity contribution in [2.45, 2.75) is 52.1 Å². The number of hydrogen-bond acceptors (Lipinski definition) is 4. The van der Waals surface area contributed by atoms with Crippen LogP contribution in [0.25, 0.3) is 0 Å². The highest BCUT2D eigenvalue weighted by molar-refractivity contribution is 6.30. The van der Waals surface area contributed by atoms with Gasteiger partial charge >= 0.3 is 6.16 Å². The van der Waals surface area contributed by atoms with Crippen molar-refractivity contribution in [3.8, 4) is 5.75 Å². The molecule has 0 fully saturated rings. The Hall–Kier alpha value is -1.26. The molecule has 0 aliphatic heterocycles.